The number of benzene rings is 2. The average molecular weight is 560 g/mol. The summed E-state index contributed by atoms with van der Waals surface area (Å²) in [6, 6.07) is 10.00. The summed E-state index contributed by atoms with van der Waals surface area (Å²) in [7, 11) is 0. The van der Waals surface area contributed by atoms with Crippen LogP contribution in [0.5, 0.6) is 5.75 Å². The van der Waals surface area contributed by atoms with Crippen LogP contribution < -0.4 is 15.5 Å². The van der Waals surface area contributed by atoms with Gasteiger partial charge >= 0.3 is 0 Å². The Morgan fingerprint density at radius 1 is 1.12 bits per heavy atom. The molecular formula is C29H30FN7O4. The van der Waals surface area contributed by atoms with E-state index >= 15 is 4.39 Å². The Balaban J connectivity index is 1.41. The predicted molar refractivity (Wildman–Crippen MR) is 153 cm³/mol. The zero-order valence-electron chi connectivity index (χ0n) is 22.3. The molecule has 212 valence electrons. The van der Waals surface area contributed by atoms with Crippen molar-refractivity contribution in [2.75, 3.05) is 48.4 Å². The van der Waals surface area contributed by atoms with Gasteiger partial charge in [0.2, 0.25) is 11.9 Å². The van der Waals surface area contributed by atoms with Crippen LogP contribution in [0.1, 0.15) is 25.5 Å². The summed E-state index contributed by atoms with van der Waals surface area (Å²) in [5.74, 6) is -0.908. The fourth-order valence-corrected chi connectivity index (χ4v) is 5.15. The zero-order chi connectivity index (χ0) is 28.3. The molecule has 2 aromatic heterocycles. The number of carbonyl (C=O) groups excluding carboxylic acids is 1. The van der Waals surface area contributed by atoms with Crippen molar-refractivity contribution in [1.29, 1.82) is 0 Å². The Kier molecular flexibility index (Phi) is 7.49. The summed E-state index contributed by atoms with van der Waals surface area (Å²) in [6.07, 6.45) is 5.42. The molecule has 0 saturated carbocycles. The van der Waals surface area contributed by atoms with Gasteiger partial charge in [0.25, 0.3) is 0 Å². The minimum atomic E-state index is -0.568. The maximum absolute atomic E-state index is 15.2. The number of ether oxygens (including phenoxy) is 2. The summed E-state index contributed by atoms with van der Waals surface area (Å²) in [6.45, 7) is 6.04. The first kappa shape index (κ1) is 26.7. The van der Waals surface area contributed by atoms with Crippen molar-refractivity contribution in [3.63, 3.8) is 0 Å². The van der Waals surface area contributed by atoms with Crippen LogP contribution in [0.4, 0.5) is 27.4 Å². The van der Waals surface area contributed by atoms with Crippen LogP contribution in [0, 0.1) is 5.82 Å². The monoisotopic (exact) mass is 559 g/mol. The number of phenols is 1. The van der Waals surface area contributed by atoms with Crippen molar-refractivity contribution >= 4 is 40.0 Å². The topological polar surface area (TPSA) is 127 Å². The molecule has 3 N–H and O–H groups in total. The van der Waals surface area contributed by atoms with Crippen molar-refractivity contribution in [3.05, 3.63) is 61.1 Å². The molecule has 2 aliphatic heterocycles. The molecule has 1 unspecified atom stereocenters. The SMILES string of the molecule is C=CC(=O)Nc1cccc(-c2nc(Nc3cc(O)c(N4CCOCC4)c(F)c3)nc3c2cnn3C2CCCCO2)c1. The molecule has 6 rings (SSSR count). The average Bonchev–Trinajstić information content (AvgIpc) is 3.41. The van der Waals surface area contributed by atoms with Crippen molar-refractivity contribution in [2.24, 2.45) is 0 Å². The van der Waals surface area contributed by atoms with E-state index in [9.17, 15) is 9.90 Å². The van der Waals surface area contributed by atoms with Gasteiger partial charge in [0, 0.05) is 42.7 Å². The van der Waals surface area contributed by atoms with E-state index in [4.69, 9.17) is 19.4 Å². The van der Waals surface area contributed by atoms with E-state index in [1.807, 2.05) is 12.1 Å². The molecule has 0 spiro atoms. The highest BCUT2D eigenvalue weighted by Crippen LogP contribution is 2.36. The third-order valence-corrected chi connectivity index (χ3v) is 7.10. The number of aromatic nitrogens is 4. The number of carbonyl (C=O) groups is 1. The van der Waals surface area contributed by atoms with E-state index in [0.29, 0.717) is 60.9 Å². The van der Waals surface area contributed by atoms with Gasteiger partial charge in [-0.25, -0.2) is 14.1 Å². The Morgan fingerprint density at radius 3 is 2.73 bits per heavy atom. The Labute approximate surface area is 235 Å². The molecule has 11 nitrogen and oxygen atoms in total. The number of fused-ring (bicyclic) bond motifs is 1. The Morgan fingerprint density at radius 2 is 1.98 bits per heavy atom. The molecule has 2 saturated heterocycles. The number of amides is 1. The summed E-state index contributed by atoms with van der Waals surface area (Å²) in [5, 5.41) is 21.8. The number of morpholine rings is 1. The summed E-state index contributed by atoms with van der Waals surface area (Å²) >= 11 is 0. The normalized spacial score (nSPS) is 17.4. The maximum atomic E-state index is 15.2. The number of halogens is 1. The highest BCUT2D eigenvalue weighted by Gasteiger charge is 2.24. The maximum Gasteiger partial charge on any atom is 0.247 e. The van der Waals surface area contributed by atoms with Gasteiger partial charge in [-0.1, -0.05) is 18.7 Å². The van der Waals surface area contributed by atoms with Crippen molar-refractivity contribution in [1.82, 2.24) is 19.7 Å². The lowest BCUT2D eigenvalue weighted by molar-refractivity contribution is -0.111. The molecule has 4 heterocycles. The van der Waals surface area contributed by atoms with Crippen molar-refractivity contribution < 1.29 is 23.8 Å². The van der Waals surface area contributed by atoms with Crippen molar-refractivity contribution in [2.45, 2.75) is 25.5 Å². The minimum Gasteiger partial charge on any atom is -0.506 e. The summed E-state index contributed by atoms with van der Waals surface area (Å²) < 4.78 is 28.3. The van der Waals surface area contributed by atoms with E-state index in [1.165, 1.54) is 18.2 Å². The van der Waals surface area contributed by atoms with Crippen LogP contribution in [0.3, 0.4) is 0 Å². The number of phenolic OH excluding ortho intramolecular Hbond substituents is 1. The van der Waals surface area contributed by atoms with Gasteiger partial charge in [-0.2, -0.15) is 10.1 Å². The fourth-order valence-electron chi connectivity index (χ4n) is 5.15. The molecule has 0 aliphatic carbocycles. The molecule has 2 aromatic carbocycles. The molecule has 12 heteroatoms. The minimum absolute atomic E-state index is 0.141. The standard InChI is InChI=1S/C29H30FN7O4/c1-2-24(39)32-19-7-5-6-18(14-19)26-21-17-31-37(25-8-3-4-11-41-25)28(21)35-29(34-26)33-20-15-22(30)27(23(38)16-20)36-9-12-40-13-10-36/h2,5-7,14-17,25,38H,1,3-4,8-13H2,(H,32,39)(H,33,34,35). The molecule has 41 heavy (non-hydrogen) atoms. The molecule has 0 radical (unpaired) electrons. The number of nitrogens with zero attached hydrogens (tertiary/aromatic N) is 5. The van der Waals surface area contributed by atoms with Gasteiger partial charge in [0.05, 0.1) is 30.5 Å². The van der Waals surface area contributed by atoms with E-state index in [0.717, 1.165) is 19.3 Å². The number of rotatable bonds is 7. The number of aromatic hydroxyl groups is 1. The lowest BCUT2D eigenvalue weighted by Gasteiger charge is -2.29. The smallest absolute Gasteiger partial charge is 0.247 e. The van der Waals surface area contributed by atoms with Crippen LogP contribution in [0.25, 0.3) is 22.3 Å². The predicted octanol–water partition coefficient (Wildman–Crippen LogP) is 4.74. The number of nitrogens with one attached hydrogen (secondary N) is 2. The first-order chi connectivity index (χ1) is 20.0. The second-order valence-electron chi connectivity index (χ2n) is 9.87. The summed E-state index contributed by atoms with van der Waals surface area (Å²) in [5.41, 5.74) is 2.81. The molecular weight excluding hydrogens is 529 g/mol. The van der Waals surface area contributed by atoms with Crippen LogP contribution in [-0.4, -0.2) is 63.7 Å². The molecule has 1 atom stereocenters. The van der Waals surface area contributed by atoms with Crippen LogP contribution >= 0.6 is 0 Å². The van der Waals surface area contributed by atoms with Crippen LogP contribution in [-0.2, 0) is 14.3 Å². The molecule has 2 fully saturated rings. The Hall–Kier alpha value is -4.55. The largest absolute Gasteiger partial charge is 0.506 e. The van der Waals surface area contributed by atoms with Gasteiger partial charge in [0.15, 0.2) is 17.7 Å². The lowest BCUT2D eigenvalue weighted by Crippen LogP contribution is -2.36. The fraction of sp³-hybridized carbons (Fsp3) is 0.310. The van der Waals surface area contributed by atoms with Gasteiger partial charge in [0.1, 0.15) is 11.4 Å². The molecule has 2 aliphatic rings. The van der Waals surface area contributed by atoms with E-state index in [2.05, 4.69) is 22.3 Å². The number of anilines is 4. The second kappa shape index (κ2) is 11.5. The van der Waals surface area contributed by atoms with Gasteiger partial charge in [-0.05, 0) is 43.5 Å². The first-order valence-electron chi connectivity index (χ1n) is 13.5. The van der Waals surface area contributed by atoms with Gasteiger partial charge in [-0.3, -0.25) is 4.79 Å². The lowest BCUT2D eigenvalue weighted by atomic mass is 10.1. The van der Waals surface area contributed by atoms with Crippen LogP contribution in [0.15, 0.2) is 55.3 Å². The zero-order valence-corrected chi connectivity index (χ0v) is 22.3. The van der Waals surface area contributed by atoms with E-state index in [1.54, 1.807) is 27.9 Å². The highest BCUT2D eigenvalue weighted by molar-refractivity contribution is 6.00. The highest BCUT2D eigenvalue weighted by atomic mass is 19.1. The second-order valence-corrected chi connectivity index (χ2v) is 9.87. The molecule has 1 amide bonds. The van der Waals surface area contributed by atoms with Gasteiger partial charge < -0.3 is 30.1 Å². The van der Waals surface area contributed by atoms with E-state index < -0.39 is 5.82 Å². The quantitative estimate of drug-likeness (QED) is 0.275. The number of hydrogen-bond acceptors (Lipinski definition) is 9. The molecule has 4 aromatic rings. The third kappa shape index (κ3) is 5.56. The van der Waals surface area contributed by atoms with Crippen LogP contribution in [0.2, 0.25) is 0 Å². The third-order valence-electron chi connectivity index (χ3n) is 7.10. The first-order valence-corrected chi connectivity index (χ1v) is 13.5. The Bertz CT molecular complexity index is 1570. The van der Waals surface area contributed by atoms with Gasteiger partial charge in [-0.15, -0.1) is 0 Å². The van der Waals surface area contributed by atoms with E-state index in [-0.39, 0.29) is 35.2 Å². The van der Waals surface area contributed by atoms with Crippen molar-refractivity contribution in [3.8, 4) is 17.0 Å². The number of hydrogen-bond donors (Lipinski definition) is 3. The summed E-state index contributed by atoms with van der Waals surface area (Å²) in [4.78, 5) is 23.2. The molecule has 0 bridgehead atoms.